The molecule has 0 saturated heterocycles. The van der Waals surface area contributed by atoms with Gasteiger partial charge in [0, 0.05) is 37.3 Å². The molecule has 0 spiro atoms. The third-order valence-electron chi connectivity index (χ3n) is 3.94. The van der Waals surface area contributed by atoms with Gasteiger partial charge in [-0.15, -0.1) is 0 Å². The SMILES string of the molecule is CCN(Cc1ccc(N(C)C)cc1)C(=O)CCOc1cccc(Br)c1. The van der Waals surface area contributed by atoms with Crippen LogP contribution in [-0.2, 0) is 11.3 Å². The van der Waals surface area contributed by atoms with Gasteiger partial charge < -0.3 is 14.5 Å². The Bertz CT molecular complexity index is 686. The molecule has 0 heterocycles. The minimum absolute atomic E-state index is 0.106. The Labute approximate surface area is 158 Å². The number of ether oxygens (including phenoxy) is 1. The molecule has 0 unspecified atom stereocenters. The fraction of sp³-hybridized carbons (Fsp3) is 0.350. The summed E-state index contributed by atoms with van der Waals surface area (Å²) < 4.78 is 6.63. The molecule has 0 aliphatic heterocycles. The van der Waals surface area contributed by atoms with Crippen LogP contribution in [-0.4, -0.2) is 38.1 Å². The average molecular weight is 405 g/mol. The van der Waals surface area contributed by atoms with Crippen molar-refractivity contribution in [1.29, 1.82) is 0 Å². The second kappa shape index (κ2) is 9.47. The standard InChI is InChI=1S/C20H25BrN2O2/c1-4-23(15-16-8-10-18(11-9-16)22(2)3)20(24)12-13-25-19-7-5-6-17(21)14-19/h5-11,14H,4,12-13,15H2,1-3H3. The molecule has 0 radical (unpaired) electrons. The molecular weight excluding hydrogens is 380 g/mol. The molecular formula is C20H25BrN2O2. The Morgan fingerprint density at radius 3 is 2.44 bits per heavy atom. The van der Waals surface area contributed by atoms with E-state index in [0.717, 1.165) is 21.5 Å². The molecule has 1 amide bonds. The summed E-state index contributed by atoms with van der Waals surface area (Å²) in [7, 11) is 4.03. The van der Waals surface area contributed by atoms with Crippen molar-refractivity contribution in [3.8, 4) is 5.75 Å². The number of hydrogen-bond donors (Lipinski definition) is 0. The van der Waals surface area contributed by atoms with E-state index in [-0.39, 0.29) is 5.91 Å². The lowest BCUT2D eigenvalue weighted by atomic mass is 10.2. The lowest BCUT2D eigenvalue weighted by Gasteiger charge is -2.22. The van der Waals surface area contributed by atoms with Crippen LogP contribution in [0.2, 0.25) is 0 Å². The zero-order valence-corrected chi connectivity index (χ0v) is 16.6. The van der Waals surface area contributed by atoms with Crippen LogP contribution in [0.3, 0.4) is 0 Å². The highest BCUT2D eigenvalue weighted by Crippen LogP contribution is 2.18. The number of nitrogens with zero attached hydrogens (tertiary/aromatic N) is 2. The number of rotatable bonds is 8. The van der Waals surface area contributed by atoms with Crippen LogP contribution in [0.5, 0.6) is 5.75 Å². The van der Waals surface area contributed by atoms with Gasteiger partial charge in [-0.2, -0.15) is 0 Å². The first kappa shape index (κ1) is 19.3. The van der Waals surface area contributed by atoms with Gasteiger partial charge in [0.25, 0.3) is 0 Å². The Morgan fingerprint density at radius 1 is 1.12 bits per heavy atom. The molecule has 2 aromatic rings. The lowest BCUT2D eigenvalue weighted by molar-refractivity contribution is -0.132. The van der Waals surface area contributed by atoms with Gasteiger partial charge in [-0.3, -0.25) is 4.79 Å². The largest absolute Gasteiger partial charge is 0.493 e. The minimum Gasteiger partial charge on any atom is -0.493 e. The van der Waals surface area contributed by atoms with Crippen LogP contribution in [0.4, 0.5) is 5.69 Å². The van der Waals surface area contributed by atoms with E-state index in [4.69, 9.17) is 4.74 Å². The van der Waals surface area contributed by atoms with E-state index in [9.17, 15) is 4.79 Å². The summed E-state index contributed by atoms with van der Waals surface area (Å²) in [5.41, 5.74) is 2.29. The fourth-order valence-electron chi connectivity index (χ4n) is 2.47. The molecule has 0 bridgehead atoms. The number of amides is 1. The van der Waals surface area contributed by atoms with Crippen LogP contribution in [0.25, 0.3) is 0 Å². The van der Waals surface area contributed by atoms with Crippen molar-refractivity contribution < 1.29 is 9.53 Å². The quantitative estimate of drug-likeness (QED) is 0.655. The highest BCUT2D eigenvalue weighted by molar-refractivity contribution is 9.10. The van der Waals surface area contributed by atoms with E-state index >= 15 is 0 Å². The number of anilines is 1. The zero-order valence-electron chi connectivity index (χ0n) is 15.0. The Kier molecular flexibility index (Phi) is 7.31. The summed E-state index contributed by atoms with van der Waals surface area (Å²) in [6.07, 6.45) is 0.371. The number of halogens is 1. The van der Waals surface area contributed by atoms with Gasteiger partial charge in [-0.1, -0.05) is 34.1 Å². The smallest absolute Gasteiger partial charge is 0.226 e. The van der Waals surface area contributed by atoms with Crippen molar-refractivity contribution in [3.05, 3.63) is 58.6 Å². The summed E-state index contributed by atoms with van der Waals surface area (Å²) in [6, 6.07) is 15.9. The van der Waals surface area contributed by atoms with Gasteiger partial charge in [0.15, 0.2) is 0 Å². The van der Waals surface area contributed by atoms with Crippen molar-refractivity contribution >= 4 is 27.5 Å². The molecule has 5 heteroatoms. The van der Waals surface area contributed by atoms with Crippen LogP contribution in [0, 0.1) is 0 Å². The first-order valence-corrected chi connectivity index (χ1v) is 9.21. The van der Waals surface area contributed by atoms with Gasteiger partial charge >= 0.3 is 0 Å². The van der Waals surface area contributed by atoms with E-state index in [2.05, 4.69) is 45.1 Å². The maximum Gasteiger partial charge on any atom is 0.226 e. The molecule has 0 aromatic heterocycles. The van der Waals surface area contributed by atoms with Crippen LogP contribution >= 0.6 is 15.9 Å². The Morgan fingerprint density at radius 2 is 1.84 bits per heavy atom. The van der Waals surface area contributed by atoms with Gasteiger partial charge in [0.1, 0.15) is 5.75 Å². The Hall–Kier alpha value is -2.01. The second-order valence-electron chi connectivity index (χ2n) is 6.02. The first-order chi connectivity index (χ1) is 12.0. The highest BCUT2D eigenvalue weighted by atomic mass is 79.9. The first-order valence-electron chi connectivity index (χ1n) is 8.42. The maximum absolute atomic E-state index is 12.4. The van der Waals surface area contributed by atoms with E-state index < -0.39 is 0 Å². The fourth-order valence-corrected chi connectivity index (χ4v) is 2.85. The molecule has 25 heavy (non-hydrogen) atoms. The predicted octanol–water partition coefficient (Wildman–Crippen LogP) is 4.33. The van der Waals surface area contributed by atoms with E-state index in [0.29, 0.717) is 26.1 Å². The lowest BCUT2D eigenvalue weighted by Crippen LogP contribution is -2.31. The Balaban J connectivity index is 1.85. The topological polar surface area (TPSA) is 32.8 Å². The van der Waals surface area contributed by atoms with Crippen LogP contribution < -0.4 is 9.64 Å². The predicted molar refractivity (Wildman–Crippen MR) is 106 cm³/mol. The van der Waals surface area contributed by atoms with Gasteiger partial charge in [0.2, 0.25) is 5.91 Å². The molecule has 0 saturated carbocycles. The third kappa shape index (κ3) is 6.09. The molecule has 0 atom stereocenters. The monoisotopic (exact) mass is 404 g/mol. The zero-order chi connectivity index (χ0) is 18.2. The molecule has 0 aliphatic rings. The minimum atomic E-state index is 0.106. The van der Waals surface area contributed by atoms with Crippen molar-refractivity contribution in [2.45, 2.75) is 19.9 Å². The molecule has 0 fully saturated rings. The van der Waals surface area contributed by atoms with Crippen molar-refractivity contribution in [2.24, 2.45) is 0 Å². The van der Waals surface area contributed by atoms with Crippen molar-refractivity contribution in [1.82, 2.24) is 4.90 Å². The molecule has 2 rings (SSSR count). The summed E-state index contributed by atoms with van der Waals surface area (Å²) in [5, 5.41) is 0. The average Bonchev–Trinajstić information content (AvgIpc) is 2.60. The number of benzene rings is 2. The highest BCUT2D eigenvalue weighted by Gasteiger charge is 2.12. The molecule has 0 N–H and O–H groups in total. The molecule has 2 aromatic carbocycles. The normalized spacial score (nSPS) is 10.4. The van der Waals surface area contributed by atoms with E-state index in [1.54, 1.807) is 0 Å². The van der Waals surface area contributed by atoms with Crippen LogP contribution in [0.15, 0.2) is 53.0 Å². The number of hydrogen-bond acceptors (Lipinski definition) is 3. The summed E-state index contributed by atoms with van der Waals surface area (Å²) in [5.74, 6) is 0.874. The summed E-state index contributed by atoms with van der Waals surface area (Å²) in [6.45, 7) is 3.69. The summed E-state index contributed by atoms with van der Waals surface area (Å²) in [4.78, 5) is 16.4. The third-order valence-corrected chi connectivity index (χ3v) is 4.43. The summed E-state index contributed by atoms with van der Waals surface area (Å²) >= 11 is 3.41. The van der Waals surface area contributed by atoms with Crippen LogP contribution in [0.1, 0.15) is 18.9 Å². The second-order valence-corrected chi connectivity index (χ2v) is 6.94. The molecule has 134 valence electrons. The van der Waals surface area contributed by atoms with Crippen molar-refractivity contribution in [2.75, 3.05) is 32.1 Å². The molecule has 4 nitrogen and oxygen atoms in total. The van der Waals surface area contributed by atoms with E-state index in [1.807, 2.05) is 50.2 Å². The van der Waals surface area contributed by atoms with Gasteiger partial charge in [-0.25, -0.2) is 0 Å². The van der Waals surface area contributed by atoms with Gasteiger partial charge in [0.05, 0.1) is 13.0 Å². The molecule has 0 aliphatic carbocycles. The number of carbonyl (C=O) groups excluding carboxylic acids is 1. The van der Waals surface area contributed by atoms with E-state index in [1.165, 1.54) is 0 Å². The maximum atomic E-state index is 12.4. The van der Waals surface area contributed by atoms with Crippen molar-refractivity contribution in [3.63, 3.8) is 0 Å². The van der Waals surface area contributed by atoms with Gasteiger partial charge in [-0.05, 0) is 42.8 Å². The number of carbonyl (C=O) groups is 1.